The Morgan fingerprint density at radius 1 is 1.07 bits per heavy atom. The highest BCUT2D eigenvalue weighted by Crippen LogP contribution is 2.26. The zero-order chi connectivity index (χ0) is 20.1. The van der Waals surface area contributed by atoms with Crippen LogP contribution < -0.4 is 10.6 Å². The first kappa shape index (κ1) is 19.1. The average molecular weight is 371 g/mol. The lowest BCUT2D eigenvalue weighted by Crippen LogP contribution is -2.15. The normalized spacial score (nSPS) is 10.4. The van der Waals surface area contributed by atoms with E-state index in [4.69, 9.17) is 5.26 Å². The predicted octanol–water partition coefficient (Wildman–Crippen LogP) is 4.78. The van der Waals surface area contributed by atoms with Crippen molar-refractivity contribution < 1.29 is 4.79 Å². The first-order valence-corrected chi connectivity index (χ1v) is 8.99. The number of aryl methyl sites for hydroxylation is 1. The van der Waals surface area contributed by atoms with E-state index < -0.39 is 0 Å². The number of benzene rings is 2. The largest absolute Gasteiger partial charge is 0.324 e. The van der Waals surface area contributed by atoms with Crippen molar-refractivity contribution in [2.75, 3.05) is 10.6 Å². The number of rotatable bonds is 5. The van der Waals surface area contributed by atoms with E-state index in [0.29, 0.717) is 28.8 Å². The van der Waals surface area contributed by atoms with Gasteiger partial charge in [0.2, 0.25) is 5.95 Å². The number of carbonyl (C=O) groups excluding carboxylic acids is 1. The topological polar surface area (TPSA) is 90.7 Å². The first-order valence-electron chi connectivity index (χ1n) is 8.99. The Kier molecular flexibility index (Phi) is 5.66. The number of anilines is 3. The van der Waals surface area contributed by atoms with E-state index in [1.807, 2.05) is 31.2 Å². The average Bonchev–Trinajstić information content (AvgIpc) is 2.68. The SMILES string of the molecule is Cc1cc(C(=O)Nc2ccc(C#N)cc2)nc(Nc2ccccc2C(C)C)n1. The van der Waals surface area contributed by atoms with Crippen LogP contribution >= 0.6 is 0 Å². The van der Waals surface area contributed by atoms with Crippen molar-refractivity contribution in [1.29, 1.82) is 5.26 Å². The van der Waals surface area contributed by atoms with Crippen LogP contribution in [0, 0.1) is 18.3 Å². The van der Waals surface area contributed by atoms with E-state index in [9.17, 15) is 4.79 Å². The van der Waals surface area contributed by atoms with Crippen LogP contribution in [0.2, 0.25) is 0 Å². The maximum absolute atomic E-state index is 12.6. The molecule has 6 heteroatoms. The molecule has 0 fully saturated rings. The standard InChI is InChI=1S/C22H21N5O/c1-14(2)18-6-4-5-7-19(18)26-22-24-15(3)12-20(27-22)21(28)25-17-10-8-16(13-23)9-11-17/h4-12,14H,1-3H3,(H,25,28)(H,24,26,27). The lowest BCUT2D eigenvalue weighted by molar-refractivity contribution is 0.102. The summed E-state index contributed by atoms with van der Waals surface area (Å²) < 4.78 is 0. The number of para-hydroxylation sites is 1. The molecule has 1 amide bonds. The minimum Gasteiger partial charge on any atom is -0.324 e. The molecular formula is C22H21N5O. The maximum atomic E-state index is 12.6. The summed E-state index contributed by atoms with van der Waals surface area (Å²) in [5.74, 6) is 0.376. The first-order chi connectivity index (χ1) is 13.5. The Hall–Kier alpha value is -3.72. The zero-order valence-corrected chi connectivity index (χ0v) is 16.0. The molecule has 0 saturated carbocycles. The second kappa shape index (κ2) is 8.31. The van der Waals surface area contributed by atoms with Crippen molar-refractivity contribution in [3.63, 3.8) is 0 Å². The van der Waals surface area contributed by atoms with Crippen molar-refractivity contribution in [2.24, 2.45) is 0 Å². The van der Waals surface area contributed by atoms with Gasteiger partial charge in [-0.25, -0.2) is 9.97 Å². The summed E-state index contributed by atoms with van der Waals surface area (Å²) in [6.45, 7) is 6.06. The van der Waals surface area contributed by atoms with Crippen LogP contribution in [0.15, 0.2) is 54.6 Å². The van der Waals surface area contributed by atoms with E-state index in [2.05, 4.69) is 40.5 Å². The lowest BCUT2D eigenvalue weighted by Gasteiger charge is -2.14. The van der Waals surface area contributed by atoms with Gasteiger partial charge < -0.3 is 10.6 Å². The van der Waals surface area contributed by atoms with Gasteiger partial charge in [0.25, 0.3) is 5.91 Å². The van der Waals surface area contributed by atoms with Gasteiger partial charge in [0, 0.05) is 17.1 Å². The highest BCUT2D eigenvalue weighted by Gasteiger charge is 2.13. The molecule has 0 aliphatic carbocycles. The van der Waals surface area contributed by atoms with Crippen molar-refractivity contribution in [2.45, 2.75) is 26.7 Å². The number of amides is 1. The van der Waals surface area contributed by atoms with E-state index >= 15 is 0 Å². The number of nitriles is 1. The Balaban J connectivity index is 1.83. The summed E-state index contributed by atoms with van der Waals surface area (Å²) >= 11 is 0. The van der Waals surface area contributed by atoms with Gasteiger partial charge in [-0.3, -0.25) is 4.79 Å². The van der Waals surface area contributed by atoms with Crippen LogP contribution in [-0.2, 0) is 0 Å². The molecule has 0 radical (unpaired) electrons. The molecule has 28 heavy (non-hydrogen) atoms. The van der Waals surface area contributed by atoms with Crippen LogP contribution in [0.3, 0.4) is 0 Å². The van der Waals surface area contributed by atoms with Gasteiger partial charge in [-0.05, 0) is 54.8 Å². The van der Waals surface area contributed by atoms with Gasteiger partial charge in [0.05, 0.1) is 11.6 Å². The molecular weight excluding hydrogens is 350 g/mol. The van der Waals surface area contributed by atoms with Gasteiger partial charge in [-0.1, -0.05) is 32.0 Å². The molecule has 0 aliphatic heterocycles. The molecule has 0 atom stereocenters. The highest BCUT2D eigenvalue weighted by molar-refractivity contribution is 6.03. The Bertz CT molecular complexity index is 1040. The van der Waals surface area contributed by atoms with Crippen LogP contribution in [-0.4, -0.2) is 15.9 Å². The number of nitrogens with one attached hydrogen (secondary N) is 2. The van der Waals surface area contributed by atoms with Crippen LogP contribution in [0.25, 0.3) is 0 Å². The number of carbonyl (C=O) groups is 1. The molecule has 1 heterocycles. The van der Waals surface area contributed by atoms with Crippen LogP contribution in [0.4, 0.5) is 17.3 Å². The predicted molar refractivity (Wildman–Crippen MR) is 110 cm³/mol. The number of hydrogen-bond acceptors (Lipinski definition) is 5. The molecule has 0 unspecified atom stereocenters. The molecule has 2 aromatic carbocycles. The Labute approximate surface area is 164 Å². The van der Waals surface area contributed by atoms with Gasteiger partial charge in [-0.15, -0.1) is 0 Å². The van der Waals surface area contributed by atoms with Crippen molar-refractivity contribution >= 4 is 23.2 Å². The minimum atomic E-state index is -0.338. The second-order valence-electron chi connectivity index (χ2n) is 6.73. The number of aromatic nitrogens is 2. The fourth-order valence-electron chi connectivity index (χ4n) is 2.80. The van der Waals surface area contributed by atoms with Crippen molar-refractivity contribution in [1.82, 2.24) is 9.97 Å². The molecule has 0 spiro atoms. The number of hydrogen-bond donors (Lipinski definition) is 2. The van der Waals surface area contributed by atoms with Gasteiger partial charge in [0.15, 0.2) is 0 Å². The quantitative estimate of drug-likeness (QED) is 0.674. The third-order valence-electron chi connectivity index (χ3n) is 4.19. The summed E-state index contributed by atoms with van der Waals surface area (Å²) in [5, 5.41) is 14.9. The molecule has 140 valence electrons. The van der Waals surface area contributed by atoms with E-state index in [1.165, 1.54) is 0 Å². The van der Waals surface area contributed by atoms with Crippen LogP contribution in [0.1, 0.15) is 47.1 Å². The maximum Gasteiger partial charge on any atom is 0.274 e. The third kappa shape index (κ3) is 4.51. The summed E-state index contributed by atoms with van der Waals surface area (Å²) in [4.78, 5) is 21.4. The molecule has 6 nitrogen and oxygen atoms in total. The third-order valence-corrected chi connectivity index (χ3v) is 4.19. The van der Waals surface area contributed by atoms with Crippen molar-refractivity contribution in [3.8, 4) is 6.07 Å². The molecule has 0 bridgehead atoms. The van der Waals surface area contributed by atoms with Gasteiger partial charge in [0.1, 0.15) is 5.69 Å². The van der Waals surface area contributed by atoms with E-state index in [0.717, 1.165) is 11.3 Å². The lowest BCUT2D eigenvalue weighted by atomic mass is 10.0. The molecule has 3 rings (SSSR count). The van der Waals surface area contributed by atoms with Gasteiger partial charge in [-0.2, -0.15) is 5.26 Å². The molecule has 0 saturated heterocycles. The summed E-state index contributed by atoms with van der Waals surface area (Å²) in [7, 11) is 0. The smallest absolute Gasteiger partial charge is 0.274 e. The fraction of sp³-hybridized carbons (Fsp3) is 0.182. The monoisotopic (exact) mass is 371 g/mol. The zero-order valence-electron chi connectivity index (χ0n) is 16.0. The highest BCUT2D eigenvalue weighted by atomic mass is 16.1. The summed E-state index contributed by atoms with van der Waals surface area (Å²) in [5.41, 5.74) is 4.15. The molecule has 0 aliphatic rings. The van der Waals surface area contributed by atoms with Gasteiger partial charge >= 0.3 is 0 Å². The minimum absolute atomic E-state index is 0.265. The Morgan fingerprint density at radius 2 is 1.79 bits per heavy atom. The fourth-order valence-corrected chi connectivity index (χ4v) is 2.80. The molecule has 3 aromatic rings. The van der Waals surface area contributed by atoms with Crippen LogP contribution in [0.5, 0.6) is 0 Å². The van der Waals surface area contributed by atoms with E-state index in [-0.39, 0.29) is 11.6 Å². The molecule has 2 N–H and O–H groups in total. The van der Waals surface area contributed by atoms with E-state index in [1.54, 1.807) is 30.3 Å². The summed E-state index contributed by atoms with van der Waals surface area (Å²) in [6, 6.07) is 18.3. The summed E-state index contributed by atoms with van der Waals surface area (Å²) in [6.07, 6.45) is 0. The Morgan fingerprint density at radius 3 is 2.46 bits per heavy atom. The number of nitrogens with zero attached hydrogens (tertiary/aromatic N) is 3. The second-order valence-corrected chi connectivity index (χ2v) is 6.73. The van der Waals surface area contributed by atoms with Crippen molar-refractivity contribution in [3.05, 3.63) is 77.1 Å². The molecule has 1 aromatic heterocycles.